The van der Waals surface area contributed by atoms with E-state index in [1.807, 2.05) is 11.9 Å². The van der Waals surface area contributed by atoms with E-state index in [-0.39, 0.29) is 5.54 Å². The van der Waals surface area contributed by atoms with E-state index in [9.17, 15) is 4.79 Å². The van der Waals surface area contributed by atoms with Crippen LogP contribution in [0.3, 0.4) is 0 Å². The highest BCUT2D eigenvalue weighted by molar-refractivity contribution is 7.98. The lowest BCUT2D eigenvalue weighted by molar-refractivity contribution is -0.136. The van der Waals surface area contributed by atoms with E-state index < -0.39 is 0 Å². The molecule has 1 heterocycles. The Bertz CT molecular complexity index is 227. The number of carbonyl (C=O) groups excluding carboxylic acids is 1. The summed E-state index contributed by atoms with van der Waals surface area (Å²) in [4.78, 5) is 14.3. The monoisotopic (exact) mass is 244 g/mol. The zero-order valence-corrected chi connectivity index (χ0v) is 11.5. The van der Waals surface area contributed by atoms with Gasteiger partial charge in [-0.15, -0.1) is 0 Å². The lowest BCUT2D eigenvalue weighted by Crippen LogP contribution is -2.54. The molecule has 4 heteroatoms. The van der Waals surface area contributed by atoms with Gasteiger partial charge in [0.25, 0.3) is 0 Å². The maximum Gasteiger partial charge on any atom is 0.242 e. The van der Waals surface area contributed by atoms with Gasteiger partial charge in [0.15, 0.2) is 0 Å². The van der Waals surface area contributed by atoms with Crippen molar-refractivity contribution in [2.75, 3.05) is 32.1 Å². The highest BCUT2D eigenvalue weighted by Gasteiger charge is 2.41. The third kappa shape index (κ3) is 3.14. The normalized spacial score (nSPS) is 24.7. The maximum atomic E-state index is 12.4. The van der Waals surface area contributed by atoms with Crippen molar-refractivity contribution in [3.05, 3.63) is 0 Å². The molecule has 1 aliphatic rings. The Hall–Kier alpha value is -0.220. The molecule has 1 N–H and O–H groups in total. The van der Waals surface area contributed by atoms with Gasteiger partial charge in [0.1, 0.15) is 0 Å². The van der Waals surface area contributed by atoms with Crippen LogP contribution < -0.4 is 5.32 Å². The first-order valence-electron chi connectivity index (χ1n) is 6.16. The minimum Gasteiger partial charge on any atom is -0.343 e. The standard InChI is InChI=1S/C12H24N2OS/c1-4-6-12(7-5-8-13-12)11(15)14(2)9-10-16-3/h13H,4-10H2,1-3H3. The maximum absolute atomic E-state index is 12.4. The number of thioether (sulfide) groups is 1. The molecule has 1 atom stereocenters. The largest absolute Gasteiger partial charge is 0.343 e. The molecule has 1 rings (SSSR count). The van der Waals surface area contributed by atoms with Gasteiger partial charge in [-0.2, -0.15) is 11.8 Å². The molecule has 94 valence electrons. The molecule has 0 spiro atoms. The Balaban J connectivity index is 2.60. The lowest BCUT2D eigenvalue weighted by atomic mass is 9.90. The second-order valence-corrected chi connectivity index (χ2v) is 5.57. The lowest BCUT2D eigenvalue weighted by Gasteiger charge is -2.32. The molecule has 16 heavy (non-hydrogen) atoms. The van der Waals surface area contributed by atoms with Gasteiger partial charge in [0, 0.05) is 19.3 Å². The van der Waals surface area contributed by atoms with Crippen LogP contribution in [0.5, 0.6) is 0 Å². The van der Waals surface area contributed by atoms with Crippen molar-refractivity contribution in [3.63, 3.8) is 0 Å². The van der Waals surface area contributed by atoms with Crippen LogP contribution in [0.2, 0.25) is 0 Å². The van der Waals surface area contributed by atoms with E-state index in [2.05, 4.69) is 18.5 Å². The molecule has 0 saturated carbocycles. The molecule has 0 aromatic carbocycles. The Morgan fingerprint density at radius 3 is 2.81 bits per heavy atom. The summed E-state index contributed by atoms with van der Waals surface area (Å²) >= 11 is 1.79. The fourth-order valence-electron chi connectivity index (χ4n) is 2.43. The van der Waals surface area contributed by atoms with Crippen LogP contribution in [0.25, 0.3) is 0 Å². The van der Waals surface area contributed by atoms with Crippen molar-refractivity contribution in [2.24, 2.45) is 0 Å². The zero-order valence-electron chi connectivity index (χ0n) is 10.7. The van der Waals surface area contributed by atoms with Crippen LogP contribution in [0.4, 0.5) is 0 Å². The Morgan fingerprint density at radius 2 is 2.31 bits per heavy atom. The average molecular weight is 244 g/mol. The molecule has 1 fully saturated rings. The topological polar surface area (TPSA) is 32.3 Å². The van der Waals surface area contributed by atoms with Gasteiger partial charge >= 0.3 is 0 Å². The highest BCUT2D eigenvalue weighted by atomic mass is 32.2. The van der Waals surface area contributed by atoms with Crippen LogP contribution >= 0.6 is 11.8 Å². The van der Waals surface area contributed by atoms with Gasteiger partial charge in [-0.3, -0.25) is 4.79 Å². The van der Waals surface area contributed by atoms with Gasteiger partial charge in [0.05, 0.1) is 5.54 Å². The van der Waals surface area contributed by atoms with Crippen LogP contribution in [-0.4, -0.2) is 48.5 Å². The van der Waals surface area contributed by atoms with E-state index in [1.54, 1.807) is 11.8 Å². The Labute approximate surface area is 103 Å². The van der Waals surface area contributed by atoms with E-state index in [0.717, 1.165) is 44.5 Å². The second kappa shape index (κ2) is 6.50. The number of hydrogen-bond donors (Lipinski definition) is 1. The molecule has 0 aliphatic carbocycles. The zero-order chi connectivity index (χ0) is 12.0. The van der Waals surface area contributed by atoms with Crippen molar-refractivity contribution in [2.45, 2.75) is 38.1 Å². The molecule has 0 bridgehead atoms. The molecular formula is C12H24N2OS. The minimum absolute atomic E-state index is 0.248. The predicted octanol–water partition coefficient (Wildman–Crippen LogP) is 1.73. The molecule has 0 aromatic heterocycles. The van der Waals surface area contributed by atoms with E-state index in [1.165, 1.54) is 0 Å². The first-order chi connectivity index (χ1) is 7.66. The van der Waals surface area contributed by atoms with Gasteiger partial charge < -0.3 is 10.2 Å². The van der Waals surface area contributed by atoms with Crippen LogP contribution in [0.1, 0.15) is 32.6 Å². The van der Waals surface area contributed by atoms with Gasteiger partial charge in [-0.05, 0) is 32.1 Å². The van der Waals surface area contributed by atoms with Gasteiger partial charge in [-0.1, -0.05) is 13.3 Å². The number of nitrogens with one attached hydrogen (secondary N) is 1. The second-order valence-electron chi connectivity index (χ2n) is 4.58. The SMILES string of the molecule is CCCC1(C(=O)N(C)CCSC)CCCN1. The van der Waals surface area contributed by atoms with Crippen molar-refractivity contribution in [3.8, 4) is 0 Å². The molecular weight excluding hydrogens is 220 g/mol. The van der Waals surface area contributed by atoms with Crippen LogP contribution in [0, 0.1) is 0 Å². The van der Waals surface area contributed by atoms with Gasteiger partial charge in [0.2, 0.25) is 5.91 Å². The van der Waals surface area contributed by atoms with E-state index >= 15 is 0 Å². The van der Waals surface area contributed by atoms with Crippen LogP contribution in [0.15, 0.2) is 0 Å². The average Bonchev–Trinajstić information content (AvgIpc) is 2.75. The summed E-state index contributed by atoms with van der Waals surface area (Å²) < 4.78 is 0. The van der Waals surface area contributed by atoms with Crippen molar-refractivity contribution >= 4 is 17.7 Å². The molecule has 0 radical (unpaired) electrons. The van der Waals surface area contributed by atoms with E-state index in [0.29, 0.717) is 5.91 Å². The number of nitrogens with zero attached hydrogens (tertiary/aromatic N) is 1. The van der Waals surface area contributed by atoms with E-state index in [4.69, 9.17) is 0 Å². The molecule has 1 saturated heterocycles. The van der Waals surface area contributed by atoms with Crippen molar-refractivity contribution in [1.29, 1.82) is 0 Å². The number of hydrogen-bond acceptors (Lipinski definition) is 3. The number of amides is 1. The molecule has 1 unspecified atom stereocenters. The number of likely N-dealkylation sites (N-methyl/N-ethyl adjacent to an activating group) is 1. The van der Waals surface area contributed by atoms with Crippen LogP contribution in [-0.2, 0) is 4.79 Å². The number of rotatable bonds is 6. The summed E-state index contributed by atoms with van der Waals surface area (Å²) in [5.74, 6) is 1.31. The summed E-state index contributed by atoms with van der Waals surface area (Å²) in [6.45, 7) is 3.99. The van der Waals surface area contributed by atoms with Crippen molar-refractivity contribution in [1.82, 2.24) is 10.2 Å². The minimum atomic E-state index is -0.248. The predicted molar refractivity (Wildman–Crippen MR) is 70.9 cm³/mol. The summed E-state index contributed by atoms with van der Waals surface area (Å²) in [6.07, 6.45) is 6.24. The smallest absolute Gasteiger partial charge is 0.242 e. The summed E-state index contributed by atoms with van der Waals surface area (Å²) in [5, 5.41) is 3.43. The molecule has 3 nitrogen and oxygen atoms in total. The Morgan fingerprint density at radius 1 is 1.56 bits per heavy atom. The molecule has 1 amide bonds. The summed E-state index contributed by atoms with van der Waals surface area (Å²) in [5.41, 5.74) is -0.248. The first-order valence-corrected chi connectivity index (χ1v) is 7.55. The third-order valence-electron chi connectivity index (χ3n) is 3.31. The first kappa shape index (κ1) is 13.8. The van der Waals surface area contributed by atoms with Crippen molar-refractivity contribution < 1.29 is 4.79 Å². The fraction of sp³-hybridized carbons (Fsp3) is 0.917. The number of carbonyl (C=O) groups is 1. The Kier molecular flexibility index (Phi) is 5.62. The highest BCUT2D eigenvalue weighted by Crippen LogP contribution is 2.26. The van der Waals surface area contributed by atoms with Gasteiger partial charge in [-0.25, -0.2) is 0 Å². The molecule has 0 aromatic rings. The third-order valence-corrected chi connectivity index (χ3v) is 3.90. The fourth-order valence-corrected chi connectivity index (χ4v) is 2.89. The molecule has 1 aliphatic heterocycles. The summed E-state index contributed by atoms with van der Waals surface area (Å²) in [7, 11) is 1.93. The quantitative estimate of drug-likeness (QED) is 0.772. The summed E-state index contributed by atoms with van der Waals surface area (Å²) in [6, 6.07) is 0.